The van der Waals surface area contributed by atoms with E-state index in [1.165, 1.54) is 89.9 Å². The predicted octanol–water partition coefficient (Wildman–Crippen LogP) is 9.67. The number of nitrogens with one attached hydrogen (secondary N) is 1. The van der Waals surface area contributed by atoms with Crippen molar-refractivity contribution >= 4 is 5.91 Å². The minimum Gasteiger partial charge on any atom is -0.394 e. The SMILES string of the molecule is CCC/C=C/CCCCCCCC/C=C/[C@@H](O)[C@H](CO)NC(=O)CCCCCCC/C=C/C/C=C/CCCCC. The van der Waals surface area contributed by atoms with E-state index in [0.29, 0.717) is 6.42 Å². The van der Waals surface area contributed by atoms with Crippen molar-refractivity contribution in [3.05, 3.63) is 48.6 Å². The second kappa shape index (κ2) is 31.9. The molecule has 4 nitrogen and oxygen atoms in total. The highest BCUT2D eigenvalue weighted by Gasteiger charge is 2.17. The molecule has 0 saturated carbocycles. The number of unbranched alkanes of at least 4 members (excludes halogenated alkanes) is 16. The molecule has 0 aliphatic heterocycles. The molecule has 0 rings (SSSR count). The van der Waals surface area contributed by atoms with Crippen molar-refractivity contribution in [3.8, 4) is 0 Å². The molecule has 2 atom stereocenters. The lowest BCUT2D eigenvalue weighted by Gasteiger charge is -2.20. The summed E-state index contributed by atoms with van der Waals surface area (Å²) in [5, 5.41) is 22.8. The van der Waals surface area contributed by atoms with Gasteiger partial charge in [-0.3, -0.25) is 4.79 Å². The number of hydrogen-bond acceptors (Lipinski definition) is 3. The van der Waals surface area contributed by atoms with Gasteiger partial charge in [0.1, 0.15) is 0 Å². The number of amides is 1. The average Bonchev–Trinajstić information content (AvgIpc) is 2.96. The molecule has 0 aliphatic rings. The number of carbonyl (C=O) groups is 1. The molecular formula is C36H65NO3. The van der Waals surface area contributed by atoms with E-state index in [1.54, 1.807) is 6.08 Å². The summed E-state index contributed by atoms with van der Waals surface area (Å²) in [6, 6.07) is -0.631. The van der Waals surface area contributed by atoms with Crippen molar-refractivity contribution in [1.82, 2.24) is 5.32 Å². The van der Waals surface area contributed by atoms with Crippen LogP contribution in [0.3, 0.4) is 0 Å². The van der Waals surface area contributed by atoms with Gasteiger partial charge in [0.2, 0.25) is 5.91 Å². The highest BCUT2D eigenvalue weighted by molar-refractivity contribution is 5.76. The third-order valence-electron chi connectivity index (χ3n) is 7.26. The van der Waals surface area contributed by atoms with E-state index >= 15 is 0 Å². The van der Waals surface area contributed by atoms with Gasteiger partial charge in [-0.05, 0) is 70.6 Å². The van der Waals surface area contributed by atoms with Crippen LogP contribution in [0.5, 0.6) is 0 Å². The van der Waals surface area contributed by atoms with Gasteiger partial charge in [-0.2, -0.15) is 0 Å². The maximum Gasteiger partial charge on any atom is 0.220 e. The summed E-state index contributed by atoms with van der Waals surface area (Å²) in [7, 11) is 0. The maximum atomic E-state index is 12.3. The zero-order chi connectivity index (χ0) is 29.4. The van der Waals surface area contributed by atoms with E-state index in [0.717, 1.165) is 44.9 Å². The molecule has 0 aromatic heterocycles. The van der Waals surface area contributed by atoms with E-state index in [4.69, 9.17) is 0 Å². The van der Waals surface area contributed by atoms with Crippen LogP contribution in [-0.4, -0.2) is 34.9 Å². The molecule has 0 heterocycles. The van der Waals surface area contributed by atoms with Gasteiger partial charge in [0.25, 0.3) is 0 Å². The Kier molecular flexibility index (Phi) is 30.6. The van der Waals surface area contributed by atoms with Crippen LogP contribution in [-0.2, 0) is 4.79 Å². The summed E-state index contributed by atoms with van der Waals surface area (Å²) in [5.74, 6) is -0.0852. The Morgan fingerprint density at radius 2 is 1.07 bits per heavy atom. The molecule has 0 unspecified atom stereocenters. The van der Waals surface area contributed by atoms with E-state index < -0.39 is 12.1 Å². The molecule has 0 aromatic carbocycles. The first-order chi connectivity index (χ1) is 19.7. The number of carbonyl (C=O) groups excluding carboxylic acids is 1. The van der Waals surface area contributed by atoms with Crippen molar-refractivity contribution in [2.24, 2.45) is 0 Å². The van der Waals surface area contributed by atoms with Gasteiger partial charge < -0.3 is 15.5 Å². The van der Waals surface area contributed by atoms with Crippen LogP contribution in [0, 0.1) is 0 Å². The van der Waals surface area contributed by atoms with Gasteiger partial charge in [-0.25, -0.2) is 0 Å². The normalized spacial score (nSPS) is 13.8. The standard InChI is InChI=1S/C36H65NO3/c1-3-5-7-9-11-13-15-17-18-20-22-24-26-28-30-32-36(40)37-34(33-38)35(39)31-29-27-25-23-21-19-16-14-12-10-8-6-4-2/h8,10-11,13,17-18,29,31,34-35,38-39H,3-7,9,12,14-16,19-28,30,32-33H2,1-2H3,(H,37,40)/b10-8+,13-11+,18-17+,31-29+/t34-,35+/m0/s1. The highest BCUT2D eigenvalue weighted by atomic mass is 16.3. The van der Waals surface area contributed by atoms with Gasteiger partial charge in [0.15, 0.2) is 0 Å². The summed E-state index contributed by atoms with van der Waals surface area (Å²) in [6.45, 7) is 4.19. The summed E-state index contributed by atoms with van der Waals surface area (Å²) < 4.78 is 0. The number of hydrogen-bond donors (Lipinski definition) is 3. The third-order valence-corrected chi connectivity index (χ3v) is 7.26. The Hall–Kier alpha value is -1.65. The van der Waals surface area contributed by atoms with Crippen LogP contribution in [0.1, 0.15) is 155 Å². The van der Waals surface area contributed by atoms with Crippen LogP contribution in [0.4, 0.5) is 0 Å². The van der Waals surface area contributed by atoms with Crippen LogP contribution < -0.4 is 5.32 Å². The van der Waals surface area contributed by atoms with Crippen molar-refractivity contribution < 1.29 is 15.0 Å². The van der Waals surface area contributed by atoms with Crippen molar-refractivity contribution in [1.29, 1.82) is 0 Å². The molecule has 0 spiro atoms. The Morgan fingerprint density at radius 1 is 0.600 bits per heavy atom. The van der Waals surface area contributed by atoms with E-state index in [9.17, 15) is 15.0 Å². The molecule has 0 aromatic rings. The van der Waals surface area contributed by atoms with Gasteiger partial charge in [-0.1, -0.05) is 127 Å². The van der Waals surface area contributed by atoms with E-state index in [-0.39, 0.29) is 12.5 Å². The Labute approximate surface area is 248 Å². The second-order valence-corrected chi connectivity index (χ2v) is 11.2. The first-order valence-corrected chi connectivity index (χ1v) is 16.9. The lowest BCUT2D eigenvalue weighted by atomic mass is 10.1. The van der Waals surface area contributed by atoms with Crippen molar-refractivity contribution in [3.63, 3.8) is 0 Å². The molecule has 4 heteroatoms. The van der Waals surface area contributed by atoms with Crippen molar-refractivity contribution in [2.75, 3.05) is 6.61 Å². The fourth-order valence-corrected chi connectivity index (χ4v) is 4.62. The topological polar surface area (TPSA) is 69.6 Å². The number of rotatable bonds is 29. The number of aliphatic hydroxyl groups excluding tert-OH is 2. The number of aliphatic hydroxyl groups is 2. The van der Waals surface area contributed by atoms with Crippen LogP contribution in [0.2, 0.25) is 0 Å². The zero-order valence-corrected chi connectivity index (χ0v) is 26.3. The van der Waals surface area contributed by atoms with Gasteiger partial charge in [0, 0.05) is 6.42 Å². The number of allylic oxidation sites excluding steroid dienone is 7. The van der Waals surface area contributed by atoms with Crippen LogP contribution >= 0.6 is 0 Å². The Balaban J connectivity index is 3.72. The maximum absolute atomic E-state index is 12.3. The van der Waals surface area contributed by atoms with Gasteiger partial charge in [-0.15, -0.1) is 0 Å². The van der Waals surface area contributed by atoms with Crippen LogP contribution in [0.25, 0.3) is 0 Å². The molecule has 0 saturated heterocycles. The molecule has 0 fully saturated rings. The van der Waals surface area contributed by atoms with Crippen molar-refractivity contribution in [2.45, 2.75) is 167 Å². The monoisotopic (exact) mass is 559 g/mol. The largest absolute Gasteiger partial charge is 0.394 e. The third kappa shape index (κ3) is 27.9. The molecule has 1 amide bonds. The minimum absolute atomic E-state index is 0.0852. The predicted molar refractivity (Wildman–Crippen MR) is 175 cm³/mol. The minimum atomic E-state index is -0.848. The lowest BCUT2D eigenvalue weighted by molar-refractivity contribution is -0.123. The van der Waals surface area contributed by atoms with Gasteiger partial charge >= 0.3 is 0 Å². The van der Waals surface area contributed by atoms with Crippen LogP contribution in [0.15, 0.2) is 48.6 Å². The summed E-state index contributed by atoms with van der Waals surface area (Å²) in [5.41, 5.74) is 0. The molecule has 0 radical (unpaired) electrons. The quantitative estimate of drug-likeness (QED) is 0.0631. The fourth-order valence-electron chi connectivity index (χ4n) is 4.62. The summed E-state index contributed by atoms with van der Waals surface area (Å²) >= 11 is 0. The van der Waals surface area contributed by atoms with E-state index in [1.807, 2.05) is 6.08 Å². The molecular weight excluding hydrogens is 494 g/mol. The molecule has 0 bridgehead atoms. The fraction of sp³-hybridized carbons (Fsp3) is 0.750. The Morgan fingerprint density at radius 3 is 1.62 bits per heavy atom. The first kappa shape index (κ1) is 38.4. The van der Waals surface area contributed by atoms with Gasteiger partial charge in [0.05, 0.1) is 18.8 Å². The second-order valence-electron chi connectivity index (χ2n) is 11.2. The molecule has 232 valence electrons. The smallest absolute Gasteiger partial charge is 0.220 e. The zero-order valence-electron chi connectivity index (χ0n) is 26.3. The average molecular weight is 560 g/mol. The Bertz CT molecular complexity index is 652. The summed E-state index contributed by atoms with van der Waals surface area (Å²) in [6.07, 6.45) is 41.8. The molecule has 3 N–H and O–H groups in total. The lowest BCUT2D eigenvalue weighted by Crippen LogP contribution is -2.45. The highest BCUT2D eigenvalue weighted by Crippen LogP contribution is 2.11. The molecule has 0 aliphatic carbocycles. The summed E-state index contributed by atoms with van der Waals surface area (Å²) in [4.78, 5) is 12.3. The van der Waals surface area contributed by atoms with E-state index in [2.05, 4.69) is 55.6 Å². The molecule has 40 heavy (non-hydrogen) atoms. The first-order valence-electron chi connectivity index (χ1n) is 16.9.